The molecule has 0 aromatic heterocycles. The first-order valence-electron chi connectivity index (χ1n) is 7.60. The summed E-state index contributed by atoms with van der Waals surface area (Å²) in [6, 6.07) is 10.4. The van der Waals surface area contributed by atoms with Crippen molar-refractivity contribution in [2.24, 2.45) is 11.8 Å². The fourth-order valence-corrected chi connectivity index (χ4v) is 3.05. The van der Waals surface area contributed by atoms with Gasteiger partial charge in [0.05, 0.1) is 0 Å². The van der Waals surface area contributed by atoms with Crippen molar-refractivity contribution in [1.29, 1.82) is 0 Å². The van der Waals surface area contributed by atoms with Crippen LogP contribution in [0, 0.1) is 18.8 Å². The van der Waals surface area contributed by atoms with Crippen molar-refractivity contribution in [2.75, 3.05) is 0 Å². The summed E-state index contributed by atoms with van der Waals surface area (Å²) in [6.07, 6.45) is 7.02. The molecular weight excluding hydrogens is 218 g/mol. The quantitative estimate of drug-likeness (QED) is 0.788. The molecule has 0 saturated heterocycles. The standard InChI is InChI=1S/C17H25N/c1-3-16(13-6-4-12(2)5-7-13)18-17(14-8-9-14)15-10-11-15/h4-7,14-18H,3,8-11H2,1-2H3. The van der Waals surface area contributed by atoms with Crippen LogP contribution >= 0.6 is 0 Å². The molecule has 2 fully saturated rings. The van der Waals surface area contributed by atoms with Crippen LogP contribution in [-0.2, 0) is 0 Å². The lowest BCUT2D eigenvalue weighted by Gasteiger charge is -2.25. The van der Waals surface area contributed by atoms with E-state index in [1.165, 1.54) is 43.2 Å². The number of benzene rings is 1. The van der Waals surface area contributed by atoms with Crippen LogP contribution in [-0.4, -0.2) is 6.04 Å². The average molecular weight is 243 g/mol. The highest BCUT2D eigenvalue weighted by Crippen LogP contribution is 2.45. The molecule has 0 aliphatic heterocycles. The predicted molar refractivity (Wildman–Crippen MR) is 76.6 cm³/mol. The van der Waals surface area contributed by atoms with Crippen LogP contribution in [0.25, 0.3) is 0 Å². The Hall–Kier alpha value is -0.820. The second-order valence-electron chi connectivity index (χ2n) is 6.24. The Kier molecular flexibility index (Phi) is 3.43. The molecule has 1 aromatic carbocycles. The zero-order chi connectivity index (χ0) is 12.5. The summed E-state index contributed by atoms with van der Waals surface area (Å²) in [7, 11) is 0. The topological polar surface area (TPSA) is 12.0 Å². The second kappa shape index (κ2) is 5.05. The fraction of sp³-hybridized carbons (Fsp3) is 0.647. The molecule has 2 aliphatic rings. The van der Waals surface area contributed by atoms with Crippen LogP contribution in [0.4, 0.5) is 0 Å². The predicted octanol–water partition coefficient (Wildman–Crippen LogP) is 4.22. The van der Waals surface area contributed by atoms with E-state index in [4.69, 9.17) is 0 Å². The van der Waals surface area contributed by atoms with Gasteiger partial charge in [-0.2, -0.15) is 0 Å². The molecule has 0 heterocycles. The second-order valence-corrected chi connectivity index (χ2v) is 6.24. The molecule has 0 bridgehead atoms. The minimum absolute atomic E-state index is 0.553. The summed E-state index contributed by atoms with van der Waals surface area (Å²) in [4.78, 5) is 0. The van der Waals surface area contributed by atoms with Crippen LogP contribution < -0.4 is 5.32 Å². The lowest BCUT2D eigenvalue weighted by Crippen LogP contribution is -2.36. The molecule has 0 radical (unpaired) electrons. The molecule has 1 aromatic rings. The van der Waals surface area contributed by atoms with Crippen LogP contribution in [0.2, 0.25) is 0 Å². The molecule has 1 nitrogen and oxygen atoms in total. The van der Waals surface area contributed by atoms with Gasteiger partial charge in [-0.25, -0.2) is 0 Å². The molecule has 98 valence electrons. The van der Waals surface area contributed by atoms with Crippen LogP contribution in [0.1, 0.15) is 56.2 Å². The van der Waals surface area contributed by atoms with Crippen LogP contribution in [0.5, 0.6) is 0 Å². The molecule has 2 aliphatic carbocycles. The maximum Gasteiger partial charge on any atom is 0.0320 e. The smallest absolute Gasteiger partial charge is 0.0320 e. The summed E-state index contributed by atoms with van der Waals surface area (Å²) < 4.78 is 0. The summed E-state index contributed by atoms with van der Waals surface area (Å²) >= 11 is 0. The van der Waals surface area contributed by atoms with E-state index in [2.05, 4.69) is 43.4 Å². The maximum atomic E-state index is 3.96. The third kappa shape index (κ3) is 2.77. The van der Waals surface area contributed by atoms with Crippen molar-refractivity contribution in [3.63, 3.8) is 0 Å². The lowest BCUT2D eigenvalue weighted by molar-refractivity contribution is 0.359. The normalized spacial score (nSPS) is 21.3. The minimum atomic E-state index is 0.553. The Bertz CT molecular complexity index is 375. The summed E-state index contributed by atoms with van der Waals surface area (Å²) in [5, 5.41) is 3.96. The Morgan fingerprint density at radius 3 is 2.06 bits per heavy atom. The van der Waals surface area contributed by atoms with Gasteiger partial charge in [-0.15, -0.1) is 0 Å². The van der Waals surface area contributed by atoms with Gasteiger partial charge in [-0.05, 0) is 56.4 Å². The molecule has 18 heavy (non-hydrogen) atoms. The van der Waals surface area contributed by atoms with Crippen molar-refractivity contribution < 1.29 is 0 Å². The van der Waals surface area contributed by atoms with Crippen molar-refractivity contribution in [3.8, 4) is 0 Å². The monoisotopic (exact) mass is 243 g/mol. The number of hydrogen-bond donors (Lipinski definition) is 1. The van der Waals surface area contributed by atoms with E-state index in [0.29, 0.717) is 6.04 Å². The highest BCUT2D eigenvalue weighted by Gasteiger charge is 2.41. The Balaban J connectivity index is 1.69. The average Bonchev–Trinajstić information content (AvgIpc) is 3.26. The van der Waals surface area contributed by atoms with Gasteiger partial charge in [-0.3, -0.25) is 0 Å². The fourth-order valence-electron chi connectivity index (χ4n) is 3.05. The van der Waals surface area contributed by atoms with Gasteiger partial charge in [0.15, 0.2) is 0 Å². The van der Waals surface area contributed by atoms with Crippen molar-refractivity contribution in [2.45, 2.75) is 58.0 Å². The largest absolute Gasteiger partial charge is 0.307 e. The van der Waals surface area contributed by atoms with Gasteiger partial charge in [0, 0.05) is 12.1 Å². The zero-order valence-corrected chi connectivity index (χ0v) is 11.7. The lowest BCUT2D eigenvalue weighted by atomic mass is 9.99. The highest BCUT2D eigenvalue weighted by atomic mass is 15.0. The van der Waals surface area contributed by atoms with Crippen LogP contribution in [0.3, 0.4) is 0 Å². The first-order chi connectivity index (χ1) is 8.78. The van der Waals surface area contributed by atoms with Gasteiger partial charge >= 0.3 is 0 Å². The van der Waals surface area contributed by atoms with Crippen LogP contribution in [0.15, 0.2) is 24.3 Å². The summed E-state index contributed by atoms with van der Waals surface area (Å²) in [6.45, 7) is 4.46. The van der Waals surface area contributed by atoms with E-state index < -0.39 is 0 Å². The Morgan fingerprint density at radius 1 is 1.06 bits per heavy atom. The number of aryl methyl sites for hydroxylation is 1. The van der Waals surface area contributed by atoms with E-state index in [-0.39, 0.29) is 0 Å². The molecule has 1 N–H and O–H groups in total. The Morgan fingerprint density at radius 2 is 1.61 bits per heavy atom. The summed E-state index contributed by atoms with van der Waals surface area (Å²) in [5.41, 5.74) is 2.82. The maximum absolute atomic E-state index is 3.96. The molecule has 0 amide bonds. The van der Waals surface area contributed by atoms with E-state index >= 15 is 0 Å². The van der Waals surface area contributed by atoms with E-state index in [1.54, 1.807) is 0 Å². The van der Waals surface area contributed by atoms with E-state index in [1.807, 2.05) is 0 Å². The van der Waals surface area contributed by atoms with Crippen molar-refractivity contribution in [1.82, 2.24) is 5.32 Å². The molecule has 2 saturated carbocycles. The molecule has 3 rings (SSSR count). The molecular formula is C17H25N. The van der Waals surface area contributed by atoms with Gasteiger partial charge in [0.2, 0.25) is 0 Å². The van der Waals surface area contributed by atoms with Gasteiger partial charge in [-0.1, -0.05) is 36.8 Å². The SMILES string of the molecule is CCC(NC(C1CC1)C1CC1)c1ccc(C)cc1. The van der Waals surface area contributed by atoms with E-state index in [0.717, 1.165) is 17.9 Å². The molecule has 1 heteroatoms. The number of rotatable bonds is 6. The minimum Gasteiger partial charge on any atom is -0.307 e. The van der Waals surface area contributed by atoms with E-state index in [9.17, 15) is 0 Å². The molecule has 0 spiro atoms. The first kappa shape index (κ1) is 12.2. The third-order valence-corrected chi connectivity index (χ3v) is 4.54. The molecule has 1 unspecified atom stereocenters. The third-order valence-electron chi connectivity index (χ3n) is 4.54. The summed E-state index contributed by atoms with van der Waals surface area (Å²) in [5.74, 6) is 1.97. The highest BCUT2D eigenvalue weighted by molar-refractivity contribution is 5.24. The first-order valence-corrected chi connectivity index (χ1v) is 7.60. The Labute approximate surface area is 111 Å². The van der Waals surface area contributed by atoms with Gasteiger partial charge in [0.1, 0.15) is 0 Å². The van der Waals surface area contributed by atoms with Crippen molar-refractivity contribution >= 4 is 0 Å². The van der Waals surface area contributed by atoms with Gasteiger partial charge in [0.25, 0.3) is 0 Å². The number of nitrogens with one attached hydrogen (secondary N) is 1. The zero-order valence-electron chi connectivity index (χ0n) is 11.7. The number of hydrogen-bond acceptors (Lipinski definition) is 1. The molecule has 1 atom stereocenters. The van der Waals surface area contributed by atoms with Gasteiger partial charge < -0.3 is 5.32 Å². The van der Waals surface area contributed by atoms with Crippen molar-refractivity contribution in [3.05, 3.63) is 35.4 Å².